The molecule has 1 aliphatic rings. The lowest BCUT2D eigenvalue weighted by Gasteiger charge is -2.17. The van der Waals surface area contributed by atoms with Gasteiger partial charge in [-0.05, 0) is 85.8 Å². The second kappa shape index (κ2) is 10.5. The summed E-state index contributed by atoms with van der Waals surface area (Å²) < 4.78 is 7.46. The topological polar surface area (TPSA) is 76.5 Å². The van der Waals surface area contributed by atoms with Crippen LogP contribution in [-0.2, 0) is 12.8 Å². The van der Waals surface area contributed by atoms with E-state index in [4.69, 9.17) is 16.3 Å². The van der Waals surface area contributed by atoms with E-state index in [2.05, 4.69) is 16.5 Å². The predicted octanol–water partition coefficient (Wildman–Crippen LogP) is 6.00. The number of aromatic nitrogens is 2. The SMILES string of the molecule is CCN(C)C(=O)c1cccc(Nc2c(Oc3ccc4c(c3)CCC4)cnn(-c3cccc(Cl)c3)c2=O)c1. The van der Waals surface area contributed by atoms with Gasteiger partial charge in [-0.3, -0.25) is 9.59 Å². The molecule has 0 unspecified atom stereocenters. The number of hydrogen-bond acceptors (Lipinski definition) is 5. The van der Waals surface area contributed by atoms with E-state index in [1.807, 2.05) is 19.1 Å². The van der Waals surface area contributed by atoms with Gasteiger partial charge in [0.25, 0.3) is 11.5 Å². The molecule has 1 heterocycles. The second-order valence-electron chi connectivity index (χ2n) is 8.99. The number of fused-ring (bicyclic) bond motifs is 1. The summed E-state index contributed by atoms with van der Waals surface area (Å²) in [4.78, 5) is 28.0. The van der Waals surface area contributed by atoms with Crippen molar-refractivity contribution in [1.82, 2.24) is 14.7 Å². The van der Waals surface area contributed by atoms with Crippen molar-refractivity contribution in [1.29, 1.82) is 0 Å². The van der Waals surface area contributed by atoms with E-state index < -0.39 is 5.56 Å². The third-order valence-corrected chi connectivity index (χ3v) is 6.73. The number of halogens is 1. The second-order valence-corrected chi connectivity index (χ2v) is 9.43. The molecule has 1 aliphatic carbocycles. The van der Waals surface area contributed by atoms with Gasteiger partial charge >= 0.3 is 0 Å². The largest absolute Gasteiger partial charge is 0.453 e. The molecule has 0 saturated heterocycles. The van der Waals surface area contributed by atoms with Crippen LogP contribution in [0.2, 0.25) is 5.02 Å². The minimum absolute atomic E-state index is 0.105. The van der Waals surface area contributed by atoms with Crippen molar-refractivity contribution < 1.29 is 9.53 Å². The monoisotopic (exact) mass is 514 g/mol. The number of carbonyl (C=O) groups is 1. The van der Waals surface area contributed by atoms with E-state index in [1.165, 1.54) is 22.0 Å². The summed E-state index contributed by atoms with van der Waals surface area (Å²) in [6, 6.07) is 20.0. The number of amides is 1. The fourth-order valence-electron chi connectivity index (χ4n) is 4.40. The molecular weight excluding hydrogens is 488 g/mol. The zero-order valence-corrected chi connectivity index (χ0v) is 21.5. The summed E-state index contributed by atoms with van der Waals surface area (Å²) in [6.07, 6.45) is 4.73. The quantitative estimate of drug-likeness (QED) is 0.327. The van der Waals surface area contributed by atoms with Gasteiger partial charge in [-0.15, -0.1) is 0 Å². The van der Waals surface area contributed by atoms with Gasteiger partial charge in [0.1, 0.15) is 5.75 Å². The molecule has 0 spiro atoms. The molecule has 3 aromatic carbocycles. The van der Waals surface area contributed by atoms with Crippen molar-refractivity contribution >= 4 is 28.9 Å². The molecule has 37 heavy (non-hydrogen) atoms. The third-order valence-electron chi connectivity index (χ3n) is 6.49. The molecule has 5 rings (SSSR count). The number of anilines is 2. The first-order valence-corrected chi connectivity index (χ1v) is 12.6. The van der Waals surface area contributed by atoms with Crippen LogP contribution in [0.3, 0.4) is 0 Å². The lowest BCUT2D eigenvalue weighted by molar-refractivity contribution is 0.0802. The Balaban J connectivity index is 1.56. The minimum Gasteiger partial charge on any atom is -0.453 e. The lowest BCUT2D eigenvalue weighted by Crippen LogP contribution is -2.26. The van der Waals surface area contributed by atoms with Crippen molar-refractivity contribution in [3.05, 3.63) is 105 Å². The van der Waals surface area contributed by atoms with E-state index in [-0.39, 0.29) is 17.3 Å². The summed E-state index contributed by atoms with van der Waals surface area (Å²) >= 11 is 6.17. The molecule has 8 heteroatoms. The highest BCUT2D eigenvalue weighted by Gasteiger charge is 2.18. The Morgan fingerprint density at radius 1 is 1.08 bits per heavy atom. The zero-order chi connectivity index (χ0) is 25.9. The highest BCUT2D eigenvalue weighted by molar-refractivity contribution is 6.30. The Labute approximate surface area is 220 Å². The normalized spacial score (nSPS) is 12.2. The number of nitrogens with one attached hydrogen (secondary N) is 1. The first-order chi connectivity index (χ1) is 17.9. The summed E-state index contributed by atoms with van der Waals surface area (Å²) in [5, 5.41) is 8.04. The van der Waals surface area contributed by atoms with Crippen LogP contribution in [0.25, 0.3) is 5.69 Å². The van der Waals surface area contributed by atoms with Crippen molar-refractivity contribution in [2.75, 3.05) is 18.9 Å². The van der Waals surface area contributed by atoms with Gasteiger partial charge in [0.15, 0.2) is 11.4 Å². The molecule has 0 atom stereocenters. The van der Waals surface area contributed by atoms with Gasteiger partial charge in [-0.1, -0.05) is 29.8 Å². The maximum absolute atomic E-state index is 13.7. The van der Waals surface area contributed by atoms with Crippen LogP contribution in [0, 0.1) is 0 Å². The molecule has 7 nitrogen and oxygen atoms in total. The highest BCUT2D eigenvalue weighted by Crippen LogP contribution is 2.32. The number of rotatable bonds is 7. The van der Waals surface area contributed by atoms with Gasteiger partial charge in [0, 0.05) is 29.9 Å². The number of aryl methyl sites for hydroxylation is 2. The number of benzene rings is 3. The van der Waals surface area contributed by atoms with E-state index in [0.717, 1.165) is 19.3 Å². The summed E-state index contributed by atoms with van der Waals surface area (Å²) in [5.41, 5.74) is 4.00. The van der Waals surface area contributed by atoms with Crippen LogP contribution in [0.15, 0.2) is 77.7 Å². The number of hydrogen-bond donors (Lipinski definition) is 1. The molecule has 0 radical (unpaired) electrons. The van der Waals surface area contributed by atoms with Crippen molar-refractivity contribution in [2.45, 2.75) is 26.2 Å². The fraction of sp³-hybridized carbons (Fsp3) is 0.207. The zero-order valence-electron chi connectivity index (χ0n) is 20.7. The van der Waals surface area contributed by atoms with Gasteiger partial charge in [0.2, 0.25) is 0 Å². The van der Waals surface area contributed by atoms with Crippen LogP contribution in [0.1, 0.15) is 34.8 Å². The number of nitrogens with zero attached hydrogens (tertiary/aromatic N) is 3. The van der Waals surface area contributed by atoms with Gasteiger partial charge in [-0.25, -0.2) is 0 Å². The Kier molecular flexibility index (Phi) is 6.97. The summed E-state index contributed by atoms with van der Waals surface area (Å²) in [5.74, 6) is 0.814. The Morgan fingerprint density at radius 3 is 2.70 bits per heavy atom. The smallest absolute Gasteiger partial charge is 0.299 e. The maximum Gasteiger partial charge on any atom is 0.299 e. The highest BCUT2D eigenvalue weighted by atomic mass is 35.5. The molecule has 0 bridgehead atoms. The average molecular weight is 515 g/mol. The third kappa shape index (κ3) is 5.22. The Bertz CT molecular complexity index is 1530. The van der Waals surface area contributed by atoms with Gasteiger partial charge < -0.3 is 15.0 Å². The van der Waals surface area contributed by atoms with Crippen LogP contribution >= 0.6 is 11.6 Å². The molecule has 0 aliphatic heterocycles. The molecule has 188 valence electrons. The number of carbonyl (C=O) groups excluding carboxylic acids is 1. The van der Waals surface area contributed by atoms with Crippen molar-refractivity contribution in [3.63, 3.8) is 0 Å². The summed E-state index contributed by atoms with van der Waals surface area (Å²) in [7, 11) is 1.75. The van der Waals surface area contributed by atoms with Crippen molar-refractivity contribution in [3.8, 4) is 17.2 Å². The van der Waals surface area contributed by atoms with E-state index >= 15 is 0 Å². The minimum atomic E-state index is -0.414. The summed E-state index contributed by atoms with van der Waals surface area (Å²) in [6.45, 7) is 2.50. The lowest BCUT2D eigenvalue weighted by atomic mass is 10.1. The van der Waals surface area contributed by atoms with Crippen LogP contribution in [-0.4, -0.2) is 34.2 Å². The Hall–Kier alpha value is -4.10. The van der Waals surface area contributed by atoms with Crippen LogP contribution in [0.4, 0.5) is 11.4 Å². The van der Waals surface area contributed by atoms with Crippen LogP contribution < -0.4 is 15.6 Å². The standard InChI is InChI=1S/C29H27ClN4O3/c1-3-33(2)28(35)21-9-5-11-23(15-21)32-27-26(37-25-14-13-19-7-4-8-20(19)16-25)18-31-34(29(27)36)24-12-6-10-22(30)17-24/h5-6,9-18,32H,3-4,7-8H2,1-2H3. The average Bonchev–Trinajstić information content (AvgIpc) is 3.38. The molecule has 1 amide bonds. The van der Waals surface area contributed by atoms with E-state index in [9.17, 15) is 9.59 Å². The first-order valence-electron chi connectivity index (χ1n) is 12.2. The predicted molar refractivity (Wildman–Crippen MR) is 146 cm³/mol. The molecule has 4 aromatic rings. The molecule has 0 saturated carbocycles. The molecule has 0 fully saturated rings. The van der Waals surface area contributed by atoms with E-state index in [0.29, 0.717) is 34.3 Å². The number of ether oxygens (including phenoxy) is 1. The van der Waals surface area contributed by atoms with Gasteiger partial charge in [0.05, 0.1) is 11.9 Å². The molecule has 1 N–H and O–H groups in total. The fourth-order valence-corrected chi connectivity index (χ4v) is 4.58. The van der Waals surface area contributed by atoms with Gasteiger partial charge in [-0.2, -0.15) is 9.78 Å². The Morgan fingerprint density at radius 2 is 1.89 bits per heavy atom. The van der Waals surface area contributed by atoms with Crippen molar-refractivity contribution in [2.24, 2.45) is 0 Å². The first kappa shape index (κ1) is 24.6. The molecule has 1 aromatic heterocycles. The molecular formula is C29H27ClN4O3. The maximum atomic E-state index is 13.7. The van der Waals surface area contributed by atoms with Crippen LogP contribution in [0.5, 0.6) is 11.5 Å². The van der Waals surface area contributed by atoms with E-state index in [1.54, 1.807) is 60.5 Å².